The van der Waals surface area contributed by atoms with E-state index >= 15 is 0 Å². The average Bonchev–Trinajstić information content (AvgIpc) is 3.12. The fourth-order valence-corrected chi connectivity index (χ4v) is 3.97. The molecule has 0 spiro atoms. The van der Waals surface area contributed by atoms with Gasteiger partial charge >= 0.3 is 5.97 Å². The average molecular weight is 482 g/mol. The fraction of sp³-hybridized carbons (Fsp3) is 0.292. The Hall–Kier alpha value is -3.72. The summed E-state index contributed by atoms with van der Waals surface area (Å²) >= 11 is 6.12. The van der Waals surface area contributed by atoms with Crippen LogP contribution in [0.15, 0.2) is 47.5 Å². The molecule has 1 aliphatic heterocycles. The summed E-state index contributed by atoms with van der Waals surface area (Å²) in [6.07, 6.45) is -0.00243. The molecule has 1 aliphatic rings. The Morgan fingerprint density at radius 1 is 1.18 bits per heavy atom. The van der Waals surface area contributed by atoms with E-state index in [1.165, 1.54) is 0 Å². The molecule has 9 nitrogen and oxygen atoms in total. The van der Waals surface area contributed by atoms with Gasteiger partial charge in [-0.3, -0.25) is 19.1 Å². The number of ether oxygens (including phenoxy) is 1. The summed E-state index contributed by atoms with van der Waals surface area (Å²) in [5.74, 6) is 0.660. The lowest BCUT2D eigenvalue weighted by Gasteiger charge is -2.15. The molecule has 1 unspecified atom stereocenters. The maximum atomic E-state index is 12.5. The number of nitrogens with zero attached hydrogens (tertiary/aromatic N) is 4. The van der Waals surface area contributed by atoms with Crippen molar-refractivity contribution in [2.75, 3.05) is 13.2 Å². The van der Waals surface area contributed by atoms with Crippen LogP contribution in [0.25, 0.3) is 5.69 Å². The maximum Gasteiger partial charge on any atom is 0.306 e. The van der Waals surface area contributed by atoms with E-state index in [0.717, 1.165) is 16.8 Å². The van der Waals surface area contributed by atoms with Gasteiger partial charge in [0.25, 0.3) is 0 Å². The van der Waals surface area contributed by atoms with Crippen molar-refractivity contribution in [3.05, 3.63) is 70.3 Å². The van der Waals surface area contributed by atoms with Gasteiger partial charge in [-0.05, 0) is 44.2 Å². The van der Waals surface area contributed by atoms with E-state index in [-0.39, 0.29) is 25.4 Å². The van der Waals surface area contributed by atoms with Crippen molar-refractivity contribution in [3.63, 3.8) is 0 Å². The molecule has 4 rings (SSSR count). The second-order valence-corrected chi connectivity index (χ2v) is 8.21. The molecule has 1 amide bonds. The highest BCUT2D eigenvalue weighted by atomic mass is 35.5. The molecule has 0 fully saturated rings. The highest BCUT2D eigenvalue weighted by Crippen LogP contribution is 2.34. The van der Waals surface area contributed by atoms with Crippen LogP contribution in [0.2, 0.25) is 5.02 Å². The smallest absolute Gasteiger partial charge is 0.306 e. The summed E-state index contributed by atoms with van der Waals surface area (Å²) in [6, 6.07) is 12.2. The van der Waals surface area contributed by atoms with Gasteiger partial charge in [0.15, 0.2) is 5.82 Å². The number of halogens is 1. The third-order valence-electron chi connectivity index (χ3n) is 5.35. The topological polar surface area (TPSA) is 119 Å². The number of carbonyl (C=O) groups is 2. The van der Waals surface area contributed by atoms with Crippen LogP contribution < -0.4 is 10.1 Å². The Morgan fingerprint density at radius 2 is 1.94 bits per heavy atom. The first-order valence-corrected chi connectivity index (χ1v) is 11.3. The number of rotatable bonds is 8. The van der Waals surface area contributed by atoms with Crippen LogP contribution in [-0.2, 0) is 9.59 Å². The zero-order valence-electron chi connectivity index (χ0n) is 18.8. The number of amides is 1. The van der Waals surface area contributed by atoms with Crippen molar-refractivity contribution < 1.29 is 19.4 Å². The van der Waals surface area contributed by atoms with E-state index in [1.54, 1.807) is 18.2 Å². The van der Waals surface area contributed by atoms with E-state index in [2.05, 4.69) is 15.5 Å². The Bertz CT molecular complexity index is 1250. The van der Waals surface area contributed by atoms with Crippen LogP contribution in [0.4, 0.5) is 0 Å². The lowest BCUT2D eigenvalue weighted by atomic mass is 10.00. The van der Waals surface area contributed by atoms with Crippen LogP contribution in [0.5, 0.6) is 5.75 Å². The number of aliphatic carboxylic acids is 1. The first-order valence-electron chi connectivity index (χ1n) is 10.9. The number of nitrogens with one attached hydrogen (secondary N) is 1. The number of benzene rings is 2. The van der Waals surface area contributed by atoms with Crippen LogP contribution >= 0.6 is 11.6 Å². The number of hydrogen-bond donors (Lipinski definition) is 2. The van der Waals surface area contributed by atoms with Gasteiger partial charge in [0, 0.05) is 22.7 Å². The van der Waals surface area contributed by atoms with Crippen molar-refractivity contribution in [2.24, 2.45) is 4.99 Å². The predicted octanol–water partition coefficient (Wildman–Crippen LogP) is 3.50. The van der Waals surface area contributed by atoms with E-state index in [1.807, 2.05) is 42.7 Å². The molecule has 10 heteroatoms. The van der Waals surface area contributed by atoms with Crippen molar-refractivity contribution in [2.45, 2.75) is 32.7 Å². The molecule has 3 aromatic rings. The van der Waals surface area contributed by atoms with Crippen LogP contribution in [0, 0.1) is 6.92 Å². The molecule has 0 saturated carbocycles. The van der Waals surface area contributed by atoms with Gasteiger partial charge in [0.2, 0.25) is 5.91 Å². The van der Waals surface area contributed by atoms with Gasteiger partial charge in [0.05, 0.1) is 30.8 Å². The molecule has 0 aliphatic carbocycles. The van der Waals surface area contributed by atoms with Gasteiger partial charge in [-0.2, -0.15) is 0 Å². The first-order chi connectivity index (χ1) is 16.4. The largest absolute Gasteiger partial charge is 0.493 e. The van der Waals surface area contributed by atoms with Crippen LogP contribution in [0.1, 0.15) is 48.6 Å². The molecule has 1 aromatic heterocycles. The van der Waals surface area contributed by atoms with Crippen molar-refractivity contribution in [1.29, 1.82) is 0 Å². The van der Waals surface area contributed by atoms with E-state index in [4.69, 9.17) is 26.4 Å². The van der Waals surface area contributed by atoms with E-state index in [9.17, 15) is 9.59 Å². The Labute approximate surface area is 201 Å². The number of fused-ring (bicyclic) bond motifs is 3. The normalized spacial score (nSPS) is 14.4. The minimum absolute atomic E-state index is 0.0399. The molecular weight excluding hydrogens is 458 g/mol. The monoisotopic (exact) mass is 481 g/mol. The zero-order chi connectivity index (χ0) is 24.2. The molecule has 176 valence electrons. The van der Waals surface area contributed by atoms with Gasteiger partial charge in [-0.1, -0.05) is 23.7 Å². The quantitative estimate of drug-likeness (QED) is 0.508. The molecule has 0 saturated heterocycles. The molecule has 0 radical (unpaired) electrons. The minimum atomic E-state index is -0.934. The SMILES string of the molecule is CCNC(=O)CC1N=C(c2ccc(Cl)cc2)c2cc(OCCC(=O)O)ccc2-n2c(C)nnc21. The highest BCUT2D eigenvalue weighted by molar-refractivity contribution is 6.30. The highest BCUT2D eigenvalue weighted by Gasteiger charge is 2.30. The minimum Gasteiger partial charge on any atom is -0.493 e. The van der Waals surface area contributed by atoms with E-state index in [0.29, 0.717) is 34.7 Å². The molecule has 34 heavy (non-hydrogen) atoms. The van der Waals surface area contributed by atoms with Gasteiger partial charge in [0.1, 0.15) is 17.6 Å². The number of aromatic nitrogens is 3. The zero-order valence-corrected chi connectivity index (χ0v) is 19.5. The Morgan fingerprint density at radius 3 is 2.65 bits per heavy atom. The summed E-state index contributed by atoms with van der Waals surface area (Å²) in [7, 11) is 0. The number of carboxylic acids is 1. The molecular formula is C24H24ClN5O4. The lowest BCUT2D eigenvalue weighted by Crippen LogP contribution is -2.25. The number of hydrogen-bond acceptors (Lipinski definition) is 6. The first kappa shape index (κ1) is 23.4. The third-order valence-corrected chi connectivity index (χ3v) is 5.60. The predicted molar refractivity (Wildman–Crippen MR) is 127 cm³/mol. The lowest BCUT2D eigenvalue weighted by molar-refractivity contribution is -0.137. The molecule has 2 heterocycles. The second kappa shape index (κ2) is 10.0. The summed E-state index contributed by atoms with van der Waals surface area (Å²) in [4.78, 5) is 28.4. The van der Waals surface area contributed by atoms with Gasteiger partial charge in [-0.25, -0.2) is 0 Å². The summed E-state index contributed by atoms with van der Waals surface area (Å²) in [5.41, 5.74) is 2.99. The number of aliphatic imine (C=N–C) groups is 1. The molecule has 1 atom stereocenters. The van der Waals surface area contributed by atoms with Crippen molar-refractivity contribution in [1.82, 2.24) is 20.1 Å². The molecule has 2 N–H and O–H groups in total. The van der Waals surface area contributed by atoms with Crippen molar-refractivity contribution in [3.8, 4) is 11.4 Å². The second-order valence-electron chi connectivity index (χ2n) is 7.77. The Balaban J connectivity index is 1.87. The Kier molecular flexibility index (Phi) is 6.93. The summed E-state index contributed by atoms with van der Waals surface area (Å²) in [5, 5.41) is 20.9. The standard InChI is InChI=1S/C24H24ClN5O4/c1-3-26-21(31)13-19-24-29-28-14(2)30(24)20-9-8-17(34-11-10-22(32)33)12-18(20)23(27-19)15-4-6-16(25)7-5-15/h4-9,12,19H,3,10-11,13H2,1-2H3,(H,26,31)(H,32,33). The molecule has 2 aromatic carbocycles. The number of carbonyl (C=O) groups excluding carboxylic acids is 1. The van der Waals surface area contributed by atoms with Gasteiger partial charge < -0.3 is 15.2 Å². The third kappa shape index (κ3) is 4.94. The maximum absolute atomic E-state index is 12.5. The van der Waals surface area contributed by atoms with Crippen LogP contribution in [-0.4, -0.2) is 50.6 Å². The van der Waals surface area contributed by atoms with E-state index < -0.39 is 12.0 Å². The summed E-state index contributed by atoms with van der Waals surface area (Å²) in [6.45, 7) is 4.26. The number of carboxylic acid groups (broad SMARTS) is 1. The van der Waals surface area contributed by atoms with Gasteiger partial charge in [-0.15, -0.1) is 10.2 Å². The van der Waals surface area contributed by atoms with Crippen molar-refractivity contribution >= 4 is 29.2 Å². The fourth-order valence-electron chi connectivity index (χ4n) is 3.84. The summed E-state index contributed by atoms with van der Waals surface area (Å²) < 4.78 is 7.58. The molecule has 0 bridgehead atoms. The van der Waals surface area contributed by atoms with Crippen LogP contribution in [0.3, 0.4) is 0 Å². The number of aryl methyl sites for hydroxylation is 1.